The van der Waals surface area contributed by atoms with Crippen LogP contribution in [0.4, 0.5) is 10.5 Å². The number of benzene rings is 1. The summed E-state index contributed by atoms with van der Waals surface area (Å²) in [5.41, 5.74) is 5.56. The Morgan fingerprint density at radius 2 is 1.89 bits per heavy atom. The van der Waals surface area contributed by atoms with Crippen molar-refractivity contribution in [3.8, 4) is 0 Å². The first-order valence-electron chi connectivity index (χ1n) is 5.55. The average molecular weight is 247 g/mol. The Kier molecular flexibility index (Phi) is 3.27. The van der Waals surface area contributed by atoms with Crippen molar-refractivity contribution in [1.29, 1.82) is 0 Å². The molecule has 2 N–H and O–H groups in total. The Morgan fingerprint density at radius 1 is 1.22 bits per heavy atom. The van der Waals surface area contributed by atoms with Gasteiger partial charge in [0, 0.05) is 13.0 Å². The zero-order valence-corrected chi connectivity index (χ0v) is 9.70. The molecule has 1 fully saturated rings. The van der Waals surface area contributed by atoms with E-state index in [-0.39, 0.29) is 25.4 Å². The molecule has 0 spiro atoms. The Morgan fingerprint density at radius 3 is 2.50 bits per heavy atom. The molecule has 94 valence electrons. The van der Waals surface area contributed by atoms with E-state index in [4.69, 9.17) is 5.73 Å². The van der Waals surface area contributed by atoms with Gasteiger partial charge in [-0.2, -0.15) is 0 Å². The number of nitrogens with two attached hydrogens (primary N) is 1. The van der Waals surface area contributed by atoms with Crippen molar-refractivity contribution in [2.75, 3.05) is 18.0 Å². The smallest absolute Gasteiger partial charge is 0.331 e. The number of carbonyl (C=O) groups excluding carboxylic acids is 3. The van der Waals surface area contributed by atoms with E-state index in [2.05, 4.69) is 0 Å². The van der Waals surface area contributed by atoms with E-state index in [1.807, 2.05) is 0 Å². The lowest BCUT2D eigenvalue weighted by molar-refractivity contribution is -0.119. The molecule has 1 saturated heterocycles. The summed E-state index contributed by atoms with van der Waals surface area (Å²) in [6.45, 7) is 0.157. The van der Waals surface area contributed by atoms with E-state index in [1.165, 1.54) is 4.90 Å². The molecule has 1 aromatic carbocycles. The lowest BCUT2D eigenvalue weighted by atomic mass is 10.3. The number of anilines is 1. The van der Waals surface area contributed by atoms with Gasteiger partial charge in [0.15, 0.2) is 0 Å². The van der Waals surface area contributed by atoms with Gasteiger partial charge in [0.1, 0.15) is 6.54 Å². The van der Waals surface area contributed by atoms with E-state index >= 15 is 0 Å². The van der Waals surface area contributed by atoms with E-state index in [1.54, 1.807) is 30.3 Å². The van der Waals surface area contributed by atoms with Crippen LogP contribution in [0.1, 0.15) is 6.42 Å². The van der Waals surface area contributed by atoms with Gasteiger partial charge in [-0.05, 0) is 12.1 Å². The van der Waals surface area contributed by atoms with Crippen molar-refractivity contribution < 1.29 is 14.4 Å². The van der Waals surface area contributed by atoms with E-state index < -0.39 is 11.9 Å². The number of nitrogens with zero attached hydrogens (tertiary/aromatic N) is 2. The van der Waals surface area contributed by atoms with Gasteiger partial charge >= 0.3 is 6.03 Å². The van der Waals surface area contributed by atoms with Gasteiger partial charge in [0.05, 0.1) is 5.69 Å². The maximum Gasteiger partial charge on any atom is 0.331 e. The van der Waals surface area contributed by atoms with Gasteiger partial charge < -0.3 is 10.6 Å². The van der Waals surface area contributed by atoms with Crippen molar-refractivity contribution in [2.24, 2.45) is 5.73 Å². The number of primary amides is 1. The monoisotopic (exact) mass is 247 g/mol. The van der Waals surface area contributed by atoms with E-state index in [9.17, 15) is 14.4 Å². The molecule has 6 heteroatoms. The van der Waals surface area contributed by atoms with Crippen LogP contribution in [-0.2, 0) is 9.59 Å². The summed E-state index contributed by atoms with van der Waals surface area (Å²) in [4.78, 5) is 36.9. The molecule has 0 radical (unpaired) electrons. The molecular formula is C12H13N3O3. The zero-order valence-electron chi connectivity index (χ0n) is 9.70. The summed E-state index contributed by atoms with van der Waals surface area (Å²) in [6.07, 6.45) is 0.0572. The highest BCUT2D eigenvalue weighted by Crippen LogP contribution is 2.20. The number of carbonyl (C=O) groups is 3. The van der Waals surface area contributed by atoms with Crippen LogP contribution in [0.3, 0.4) is 0 Å². The summed E-state index contributed by atoms with van der Waals surface area (Å²) in [5, 5.41) is 0. The van der Waals surface area contributed by atoms with Crippen LogP contribution in [0.15, 0.2) is 30.3 Å². The first-order valence-corrected chi connectivity index (χ1v) is 5.55. The molecule has 0 atom stereocenters. The largest absolute Gasteiger partial charge is 0.370 e. The fraction of sp³-hybridized carbons (Fsp3) is 0.250. The van der Waals surface area contributed by atoms with E-state index in [0.29, 0.717) is 5.69 Å². The van der Waals surface area contributed by atoms with Gasteiger partial charge in [-0.1, -0.05) is 18.2 Å². The highest BCUT2D eigenvalue weighted by atomic mass is 16.2. The van der Waals surface area contributed by atoms with Crippen molar-refractivity contribution in [1.82, 2.24) is 4.90 Å². The average Bonchev–Trinajstić information content (AvgIpc) is 2.63. The van der Waals surface area contributed by atoms with Gasteiger partial charge in [0.25, 0.3) is 5.91 Å². The van der Waals surface area contributed by atoms with Crippen LogP contribution in [-0.4, -0.2) is 35.8 Å². The minimum absolute atomic E-state index is 0.0129. The standard InChI is InChI=1S/C12H13N3O3/c13-10(16)6-7-14-8-11(17)15(12(14)18)9-4-2-1-3-5-9/h1-5H,6-8H2,(H2,13,16). The lowest BCUT2D eigenvalue weighted by Gasteiger charge is -2.16. The second-order valence-electron chi connectivity index (χ2n) is 3.99. The summed E-state index contributed by atoms with van der Waals surface area (Å²) in [7, 11) is 0. The number of para-hydroxylation sites is 1. The summed E-state index contributed by atoms with van der Waals surface area (Å²) < 4.78 is 0. The van der Waals surface area contributed by atoms with Gasteiger partial charge in [0.2, 0.25) is 5.91 Å². The quantitative estimate of drug-likeness (QED) is 0.778. The Balaban J connectivity index is 2.12. The Bertz CT molecular complexity index is 487. The second kappa shape index (κ2) is 4.87. The normalized spacial score (nSPS) is 15.3. The molecule has 2 rings (SSSR count). The SMILES string of the molecule is NC(=O)CCN1CC(=O)N(c2ccccc2)C1=O. The maximum absolute atomic E-state index is 12.0. The first-order chi connectivity index (χ1) is 8.59. The van der Waals surface area contributed by atoms with Crippen molar-refractivity contribution >= 4 is 23.5 Å². The van der Waals surface area contributed by atoms with Crippen molar-refractivity contribution in [2.45, 2.75) is 6.42 Å². The zero-order chi connectivity index (χ0) is 13.1. The predicted octanol–water partition coefficient (Wildman–Crippen LogP) is 0.331. The third-order valence-electron chi connectivity index (χ3n) is 2.68. The second-order valence-corrected chi connectivity index (χ2v) is 3.99. The lowest BCUT2D eigenvalue weighted by Crippen LogP contribution is -2.34. The number of amides is 4. The molecule has 1 aromatic rings. The summed E-state index contributed by atoms with van der Waals surface area (Å²) in [6, 6.07) is 8.27. The van der Waals surface area contributed by atoms with Gasteiger partial charge in [-0.15, -0.1) is 0 Å². The Hall–Kier alpha value is -2.37. The highest BCUT2D eigenvalue weighted by Gasteiger charge is 2.36. The third-order valence-corrected chi connectivity index (χ3v) is 2.68. The van der Waals surface area contributed by atoms with Crippen molar-refractivity contribution in [3.63, 3.8) is 0 Å². The molecular weight excluding hydrogens is 234 g/mol. The number of hydrogen-bond acceptors (Lipinski definition) is 3. The molecule has 0 bridgehead atoms. The number of hydrogen-bond donors (Lipinski definition) is 1. The number of urea groups is 1. The minimum Gasteiger partial charge on any atom is -0.370 e. The minimum atomic E-state index is -0.492. The van der Waals surface area contributed by atoms with Crippen LogP contribution in [0.25, 0.3) is 0 Å². The van der Waals surface area contributed by atoms with Crippen LogP contribution in [0.5, 0.6) is 0 Å². The predicted molar refractivity (Wildman–Crippen MR) is 64.7 cm³/mol. The highest BCUT2D eigenvalue weighted by molar-refractivity contribution is 6.19. The molecule has 6 nitrogen and oxygen atoms in total. The molecule has 0 aliphatic carbocycles. The molecule has 1 aliphatic heterocycles. The molecule has 0 aromatic heterocycles. The summed E-state index contributed by atoms with van der Waals surface area (Å²) >= 11 is 0. The molecule has 0 saturated carbocycles. The maximum atomic E-state index is 12.0. The number of rotatable bonds is 4. The van der Waals surface area contributed by atoms with Crippen LogP contribution < -0.4 is 10.6 Å². The fourth-order valence-electron chi connectivity index (χ4n) is 1.80. The van der Waals surface area contributed by atoms with Gasteiger partial charge in [-0.25, -0.2) is 9.69 Å². The van der Waals surface area contributed by atoms with Crippen LogP contribution in [0, 0.1) is 0 Å². The molecule has 4 amide bonds. The van der Waals surface area contributed by atoms with Crippen LogP contribution in [0.2, 0.25) is 0 Å². The molecule has 1 aliphatic rings. The van der Waals surface area contributed by atoms with E-state index in [0.717, 1.165) is 4.90 Å². The Labute approximate surface area is 104 Å². The fourth-order valence-corrected chi connectivity index (χ4v) is 1.80. The van der Waals surface area contributed by atoms with Crippen molar-refractivity contribution in [3.05, 3.63) is 30.3 Å². The number of imide groups is 1. The van der Waals surface area contributed by atoms with Crippen LogP contribution >= 0.6 is 0 Å². The molecule has 0 unspecified atom stereocenters. The summed E-state index contributed by atoms with van der Waals surface area (Å²) in [5.74, 6) is -0.788. The first kappa shape index (κ1) is 12.1. The topological polar surface area (TPSA) is 83.7 Å². The van der Waals surface area contributed by atoms with Gasteiger partial charge in [-0.3, -0.25) is 9.59 Å². The molecule has 18 heavy (non-hydrogen) atoms. The molecule has 1 heterocycles. The third kappa shape index (κ3) is 2.32.